The summed E-state index contributed by atoms with van der Waals surface area (Å²) < 4.78 is 12.7. The van der Waals surface area contributed by atoms with Gasteiger partial charge in [-0.1, -0.05) is 67.2 Å². The Labute approximate surface area is 137 Å². The van der Waals surface area contributed by atoms with Gasteiger partial charge in [-0.2, -0.15) is 0 Å². The number of ether oxygens (including phenoxy) is 2. The summed E-state index contributed by atoms with van der Waals surface area (Å²) in [6.07, 6.45) is 3.11. The van der Waals surface area contributed by atoms with Crippen LogP contribution in [0.25, 0.3) is 5.57 Å². The number of hydrogen-bond acceptors (Lipinski definition) is 2. The fourth-order valence-electron chi connectivity index (χ4n) is 3.89. The van der Waals surface area contributed by atoms with Crippen molar-refractivity contribution in [2.45, 2.75) is 37.1 Å². The molecule has 4 rings (SSSR count). The highest BCUT2D eigenvalue weighted by Gasteiger charge is 2.53. The van der Waals surface area contributed by atoms with Crippen molar-refractivity contribution >= 4 is 5.57 Å². The second-order valence-corrected chi connectivity index (χ2v) is 6.45. The van der Waals surface area contributed by atoms with Gasteiger partial charge in [-0.15, -0.1) is 0 Å². The predicted octanol–water partition coefficient (Wildman–Crippen LogP) is 4.78. The number of hydrogen-bond donors (Lipinski definition) is 0. The molecule has 0 saturated carbocycles. The van der Waals surface area contributed by atoms with Crippen molar-refractivity contribution in [1.29, 1.82) is 0 Å². The van der Waals surface area contributed by atoms with Crippen LogP contribution in [0.1, 0.15) is 36.5 Å². The lowest BCUT2D eigenvalue weighted by molar-refractivity contribution is -0.0941. The molecule has 2 aliphatic heterocycles. The van der Waals surface area contributed by atoms with E-state index in [1.165, 1.54) is 5.56 Å². The molecular formula is C21H22O2. The summed E-state index contributed by atoms with van der Waals surface area (Å²) in [5.41, 5.74) is 3.05. The Morgan fingerprint density at radius 1 is 1.00 bits per heavy atom. The summed E-state index contributed by atoms with van der Waals surface area (Å²) in [5.74, 6) is 0. The van der Waals surface area contributed by atoms with Gasteiger partial charge in [0.2, 0.25) is 0 Å². The van der Waals surface area contributed by atoms with Gasteiger partial charge in [0.15, 0.2) is 0 Å². The molecule has 2 saturated heterocycles. The summed E-state index contributed by atoms with van der Waals surface area (Å²) in [6.45, 7) is 5.19. The molecule has 0 N–H and O–H groups in total. The second-order valence-electron chi connectivity index (χ2n) is 6.45. The third-order valence-corrected chi connectivity index (χ3v) is 5.11. The Balaban J connectivity index is 1.68. The first kappa shape index (κ1) is 14.7. The van der Waals surface area contributed by atoms with Crippen LogP contribution >= 0.6 is 0 Å². The smallest absolute Gasteiger partial charge is 0.122 e. The Morgan fingerprint density at radius 2 is 1.70 bits per heavy atom. The fraction of sp³-hybridized carbons (Fsp3) is 0.333. The highest BCUT2D eigenvalue weighted by Crippen LogP contribution is 2.51. The zero-order valence-electron chi connectivity index (χ0n) is 13.3. The zero-order chi connectivity index (χ0) is 15.7. The molecule has 3 atom stereocenters. The molecule has 2 heterocycles. The maximum atomic E-state index is 6.41. The lowest BCUT2D eigenvalue weighted by Gasteiger charge is -2.39. The molecule has 2 aromatic rings. The molecule has 0 bridgehead atoms. The summed E-state index contributed by atoms with van der Waals surface area (Å²) >= 11 is 0. The van der Waals surface area contributed by atoms with E-state index in [1.54, 1.807) is 0 Å². The van der Waals surface area contributed by atoms with Gasteiger partial charge in [0.05, 0.1) is 12.2 Å². The van der Waals surface area contributed by atoms with Crippen LogP contribution in [0, 0.1) is 0 Å². The average Bonchev–Trinajstić information content (AvgIpc) is 3.03. The van der Waals surface area contributed by atoms with Crippen molar-refractivity contribution in [3.05, 3.63) is 78.4 Å². The molecule has 2 heteroatoms. The van der Waals surface area contributed by atoms with E-state index in [0.717, 1.165) is 37.0 Å². The number of fused-ring (bicyclic) bond motifs is 1. The molecule has 0 aliphatic carbocycles. The topological polar surface area (TPSA) is 18.5 Å². The Bertz CT molecular complexity index is 680. The Hall–Kier alpha value is -1.90. The minimum Gasteiger partial charge on any atom is -0.367 e. The van der Waals surface area contributed by atoms with Crippen molar-refractivity contribution < 1.29 is 9.47 Å². The van der Waals surface area contributed by atoms with Gasteiger partial charge >= 0.3 is 0 Å². The predicted molar refractivity (Wildman–Crippen MR) is 92.1 cm³/mol. The van der Waals surface area contributed by atoms with Gasteiger partial charge in [-0.25, -0.2) is 0 Å². The van der Waals surface area contributed by atoms with Crippen molar-refractivity contribution in [3.8, 4) is 0 Å². The molecule has 2 aliphatic rings. The van der Waals surface area contributed by atoms with Crippen LogP contribution in [0.3, 0.4) is 0 Å². The largest absolute Gasteiger partial charge is 0.367 e. The van der Waals surface area contributed by atoms with E-state index in [-0.39, 0.29) is 17.8 Å². The van der Waals surface area contributed by atoms with Crippen LogP contribution in [0.5, 0.6) is 0 Å². The minimum absolute atomic E-state index is 0.0831. The van der Waals surface area contributed by atoms with Crippen molar-refractivity contribution in [2.24, 2.45) is 0 Å². The van der Waals surface area contributed by atoms with E-state index >= 15 is 0 Å². The van der Waals surface area contributed by atoms with E-state index in [0.29, 0.717) is 0 Å². The van der Waals surface area contributed by atoms with Crippen molar-refractivity contribution in [3.63, 3.8) is 0 Å². The highest BCUT2D eigenvalue weighted by molar-refractivity contribution is 5.71. The van der Waals surface area contributed by atoms with E-state index < -0.39 is 0 Å². The van der Waals surface area contributed by atoms with Crippen LogP contribution in [-0.4, -0.2) is 18.3 Å². The number of rotatable bonds is 3. The molecule has 2 aromatic carbocycles. The minimum atomic E-state index is -0.389. The van der Waals surface area contributed by atoms with E-state index in [9.17, 15) is 0 Å². The van der Waals surface area contributed by atoms with Gasteiger partial charge < -0.3 is 9.47 Å². The van der Waals surface area contributed by atoms with Gasteiger partial charge in [-0.05, 0) is 29.5 Å². The summed E-state index contributed by atoms with van der Waals surface area (Å²) in [6, 6.07) is 20.8. The maximum absolute atomic E-state index is 6.41. The highest BCUT2D eigenvalue weighted by atomic mass is 16.6. The molecular weight excluding hydrogens is 284 g/mol. The monoisotopic (exact) mass is 306 g/mol. The third kappa shape index (κ3) is 2.52. The van der Waals surface area contributed by atoms with Crippen molar-refractivity contribution in [1.82, 2.24) is 0 Å². The third-order valence-electron chi connectivity index (χ3n) is 5.11. The van der Waals surface area contributed by atoms with Crippen LogP contribution in [0.2, 0.25) is 0 Å². The van der Waals surface area contributed by atoms with E-state index in [4.69, 9.17) is 9.47 Å². The lowest BCUT2D eigenvalue weighted by atomic mass is 9.79. The molecule has 2 fully saturated rings. The quantitative estimate of drug-likeness (QED) is 0.812. The molecule has 0 unspecified atom stereocenters. The Morgan fingerprint density at radius 3 is 2.43 bits per heavy atom. The molecule has 0 aromatic heterocycles. The first-order chi connectivity index (χ1) is 11.3. The first-order valence-corrected chi connectivity index (χ1v) is 8.39. The molecule has 118 valence electrons. The lowest BCUT2D eigenvalue weighted by Crippen LogP contribution is -2.45. The first-order valence-electron chi connectivity index (χ1n) is 8.39. The molecule has 23 heavy (non-hydrogen) atoms. The SMILES string of the molecule is C=C(c1ccccc1)[C@]12C[C@@H](c3ccccc3)O[C@H]1CCCO2. The molecule has 0 spiro atoms. The van der Waals surface area contributed by atoms with Gasteiger partial charge in [-0.3, -0.25) is 0 Å². The van der Waals surface area contributed by atoms with E-state index in [2.05, 4.69) is 55.1 Å². The van der Waals surface area contributed by atoms with Crippen LogP contribution in [0.4, 0.5) is 0 Å². The molecule has 2 nitrogen and oxygen atoms in total. The van der Waals surface area contributed by atoms with Crippen LogP contribution < -0.4 is 0 Å². The average molecular weight is 306 g/mol. The standard InChI is InChI=1S/C21H22O2/c1-16(17-9-4-2-5-10-17)21-15-19(18-11-6-3-7-12-18)23-20(21)13-8-14-22-21/h2-7,9-12,19-20H,1,8,13-15H2/t19-,20-,21+/m0/s1. The van der Waals surface area contributed by atoms with Crippen LogP contribution in [-0.2, 0) is 9.47 Å². The Kier molecular flexibility index (Phi) is 3.80. The molecule has 0 amide bonds. The van der Waals surface area contributed by atoms with E-state index in [1.807, 2.05) is 12.1 Å². The summed E-state index contributed by atoms with van der Waals surface area (Å²) in [4.78, 5) is 0. The van der Waals surface area contributed by atoms with Crippen molar-refractivity contribution in [2.75, 3.05) is 6.61 Å². The zero-order valence-corrected chi connectivity index (χ0v) is 13.3. The van der Waals surface area contributed by atoms with Gasteiger partial charge in [0.25, 0.3) is 0 Å². The van der Waals surface area contributed by atoms with Gasteiger partial charge in [0.1, 0.15) is 5.60 Å². The molecule has 0 radical (unpaired) electrons. The number of benzene rings is 2. The summed E-state index contributed by atoms with van der Waals surface area (Å²) in [5, 5.41) is 0. The normalized spacial score (nSPS) is 29.9. The maximum Gasteiger partial charge on any atom is 0.122 e. The second kappa shape index (κ2) is 5.95. The van der Waals surface area contributed by atoms with Gasteiger partial charge in [0, 0.05) is 13.0 Å². The summed E-state index contributed by atoms with van der Waals surface area (Å²) in [7, 11) is 0. The fourth-order valence-corrected chi connectivity index (χ4v) is 3.89. The van der Waals surface area contributed by atoms with Crippen LogP contribution in [0.15, 0.2) is 67.2 Å².